The van der Waals surface area contributed by atoms with E-state index < -0.39 is 0 Å². The molecule has 3 N–H and O–H groups in total. The number of nitrogens with zero attached hydrogens (tertiary/aromatic N) is 2. The van der Waals surface area contributed by atoms with E-state index in [1.807, 2.05) is 56.3 Å². The number of para-hydroxylation sites is 2. The van der Waals surface area contributed by atoms with Crippen LogP contribution in [0.3, 0.4) is 0 Å². The second kappa shape index (κ2) is 7.68. The lowest BCUT2D eigenvalue weighted by Crippen LogP contribution is -2.32. The van der Waals surface area contributed by atoms with Crippen LogP contribution in [0.1, 0.15) is 34.4 Å². The summed E-state index contributed by atoms with van der Waals surface area (Å²) in [5.74, 6) is 0.716. The number of carbonyl (C=O) groups excluding carboxylic acids is 1. The molecule has 0 aliphatic carbocycles. The van der Waals surface area contributed by atoms with E-state index in [1.54, 1.807) is 0 Å². The van der Waals surface area contributed by atoms with E-state index in [2.05, 4.69) is 32.6 Å². The first-order valence-corrected chi connectivity index (χ1v) is 9.38. The van der Waals surface area contributed by atoms with Gasteiger partial charge < -0.3 is 10.3 Å². The Bertz CT molecular complexity index is 1040. The largest absolute Gasteiger partial charge is 0.346 e. The van der Waals surface area contributed by atoms with Crippen LogP contribution in [0.15, 0.2) is 54.6 Å². The number of nitrogens with one attached hydrogen (secondary N) is 3. The van der Waals surface area contributed by atoms with Gasteiger partial charge in [-0.15, -0.1) is 0 Å². The summed E-state index contributed by atoms with van der Waals surface area (Å²) in [5, 5.41) is 10.3. The lowest BCUT2D eigenvalue weighted by Gasteiger charge is -2.17. The molecule has 0 spiro atoms. The van der Waals surface area contributed by atoms with Crippen LogP contribution in [-0.4, -0.2) is 26.1 Å². The van der Waals surface area contributed by atoms with Crippen LogP contribution in [-0.2, 0) is 17.6 Å². The van der Waals surface area contributed by atoms with E-state index >= 15 is 0 Å². The van der Waals surface area contributed by atoms with E-state index in [1.165, 1.54) is 0 Å². The zero-order valence-corrected chi connectivity index (χ0v) is 16.0. The second-order valence-corrected chi connectivity index (χ2v) is 7.04. The highest BCUT2D eigenvalue weighted by atomic mass is 16.1. The minimum absolute atomic E-state index is 0.0472. The molecule has 1 amide bonds. The molecule has 4 rings (SSSR count). The van der Waals surface area contributed by atoms with E-state index in [9.17, 15) is 4.79 Å². The average molecular weight is 373 g/mol. The monoisotopic (exact) mass is 373 g/mol. The van der Waals surface area contributed by atoms with Gasteiger partial charge in [-0.25, -0.2) is 4.98 Å². The van der Waals surface area contributed by atoms with Crippen molar-refractivity contribution in [3.63, 3.8) is 0 Å². The Labute approximate surface area is 163 Å². The Morgan fingerprint density at radius 3 is 2.54 bits per heavy atom. The molecule has 6 nitrogen and oxygen atoms in total. The van der Waals surface area contributed by atoms with Gasteiger partial charge in [-0.3, -0.25) is 9.89 Å². The SMILES string of the molecule is Cc1n[nH]c(C)c1CC(=O)N[C@@H](Cc1ccccc1)c1nc2ccccc2[nH]1. The van der Waals surface area contributed by atoms with Crippen LogP contribution >= 0.6 is 0 Å². The molecule has 0 radical (unpaired) electrons. The van der Waals surface area contributed by atoms with Crippen molar-refractivity contribution in [1.29, 1.82) is 0 Å². The van der Waals surface area contributed by atoms with Crippen molar-refractivity contribution < 1.29 is 4.79 Å². The van der Waals surface area contributed by atoms with Gasteiger partial charge >= 0.3 is 0 Å². The molecule has 0 unspecified atom stereocenters. The fourth-order valence-corrected chi connectivity index (χ4v) is 3.44. The Kier molecular flexibility index (Phi) is 4.93. The number of aryl methyl sites for hydroxylation is 2. The number of hydrogen-bond donors (Lipinski definition) is 3. The normalized spacial score (nSPS) is 12.2. The summed E-state index contributed by atoms with van der Waals surface area (Å²) in [6.45, 7) is 3.84. The fourth-order valence-electron chi connectivity index (χ4n) is 3.44. The molecule has 0 saturated heterocycles. The number of benzene rings is 2. The van der Waals surface area contributed by atoms with E-state index in [-0.39, 0.29) is 11.9 Å². The molecule has 0 aliphatic heterocycles. The van der Waals surface area contributed by atoms with E-state index in [0.29, 0.717) is 12.8 Å². The molecular weight excluding hydrogens is 350 g/mol. The van der Waals surface area contributed by atoms with Gasteiger partial charge in [0.1, 0.15) is 5.82 Å². The Morgan fingerprint density at radius 1 is 1.07 bits per heavy atom. The number of carbonyl (C=O) groups is 1. The third kappa shape index (κ3) is 3.81. The van der Waals surface area contributed by atoms with Crippen molar-refractivity contribution in [2.45, 2.75) is 32.7 Å². The van der Waals surface area contributed by atoms with Crippen molar-refractivity contribution in [3.8, 4) is 0 Å². The number of hydrogen-bond acceptors (Lipinski definition) is 3. The van der Waals surface area contributed by atoms with Crippen molar-refractivity contribution in [2.75, 3.05) is 0 Å². The van der Waals surface area contributed by atoms with Gasteiger partial charge in [0.15, 0.2) is 0 Å². The number of amides is 1. The minimum Gasteiger partial charge on any atom is -0.346 e. The highest BCUT2D eigenvalue weighted by Gasteiger charge is 2.20. The molecule has 0 aliphatic rings. The fraction of sp³-hybridized carbons (Fsp3) is 0.227. The Morgan fingerprint density at radius 2 is 1.82 bits per heavy atom. The molecule has 1 atom stereocenters. The maximum absolute atomic E-state index is 12.8. The molecular formula is C22H23N5O. The third-order valence-corrected chi connectivity index (χ3v) is 4.97. The summed E-state index contributed by atoms with van der Waals surface area (Å²) in [6.07, 6.45) is 0.954. The molecule has 0 fully saturated rings. The van der Waals surface area contributed by atoms with Crippen molar-refractivity contribution >= 4 is 16.9 Å². The first-order chi connectivity index (χ1) is 13.6. The van der Waals surface area contributed by atoms with Gasteiger partial charge in [-0.2, -0.15) is 5.10 Å². The van der Waals surface area contributed by atoms with Gasteiger partial charge in [0.05, 0.1) is 29.2 Å². The van der Waals surface area contributed by atoms with Gasteiger partial charge in [-0.1, -0.05) is 42.5 Å². The zero-order chi connectivity index (χ0) is 19.5. The summed E-state index contributed by atoms with van der Waals surface area (Å²) in [6, 6.07) is 17.8. The van der Waals surface area contributed by atoms with Crippen LogP contribution in [0.5, 0.6) is 0 Å². The molecule has 142 valence electrons. The quantitative estimate of drug-likeness (QED) is 0.483. The first kappa shape index (κ1) is 18.0. The molecule has 0 bridgehead atoms. The average Bonchev–Trinajstić information content (AvgIpc) is 3.27. The van der Waals surface area contributed by atoms with Crippen LogP contribution in [0.25, 0.3) is 11.0 Å². The van der Waals surface area contributed by atoms with Gasteiger partial charge in [0.2, 0.25) is 5.91 Å². The van der Waals surface area contributed by atoms with Gasteiger partial charge in [0, 0.05) is 11.3 Å². The summed E-state index contributed by atoms with van der Waals surface area (Å²) >= 11 is 0. The molecule has 2 aromatic carbocycles. The Hall–Kier alpha value is -3.41. The molecule has 28 heavy (non-hydrogen) atoms. The number of fused-ring (bicyclic) bond motifs is 1. The van der Waals surface area contributed by atoms with Gasteiger partial charge in [-0.05, 0) is 38.0 Å². The number of aromatic nitrogens is 4. The lowest BCUT2D eigenvalue weighted by molar-refractivity contribution is -0.121. The number of rotatable bonds is 6. The second-order valence-electron chi connectivity index (χ2n) is 7.04. The molecule has 0 saturated carbocycles. The number of imidazole rings is 1. The minimum atomic E-state index is -0.241. The van der Waals surface area contributed by atoms with Crippen LogP contribution < -0.4 is 5.32 Å². The highest BCUT2D eigenvalue weighted by Crippen LogP contribution is 2.20. The molecule has 2 heterocycles. The van der Waals surface area contributed by atoms with Crippen LogP contribution in [0, 0.1) is 13.8 Å². The summed E-state index contributed by atoms with van der Waals surface area (Å²) in [5.41, 5.74) is 5.73. The van der Waals surface area contributed by atoms with Crippen LogP contribution in [0.2, 0.25) is 0 Å². The Balaban J connectivity index is 1.59. The maximum atomic E-state index is 12.8. The third-order valence-electron chi connectivity index (χ3n) is 4.97. The topological polar surface area (TPSA) is 86.5 Å². The first-order valence-electron chi connectivity index (χ1n) is 9.38. The van der Waals surface area contributed by atoms with E-state index in [0.717, 1.165) is 39.4 Å². The number of H-pyrrole nitrogens is 2. The predicted octanol–water partition coefficient (Wildman–Crippen LogP) is 3.55. The molecule has 4 aromatic rings. The highest BCUT2D eigenvalue weighted by molar-refractivity contribution is 5.80. The lowest BCUT2D eigenvalue weighted by atomic mass is 10.0. The summed E-state index contributed by atoms with van der Waals surface area (Å²) < 4.78 is 0. The molecule has 6 heteroatoms. The summed E-state index contributed by atoms with van der Waals surface area (Å²) in [4.78, 5) is 20.9. The zero-order valence-electron chi connectivity index (χ0n) is 16.0. The molecule has 2 aromatic heterocycles. The van der Waals surface area contributed by atoms with Crippen molar-refractivity contribution in [3.05, 3.63) is 82.9 Å². The van der Waals surface area contributed by atoms with Gasteiger partial charge in [0.25, 0.3) is 0 Å². The predicted molar refractivity (Wildman–Crippen MR) is 109 cm³/mol. The van der Waals surface area contributed by atoms with Crippen molar-refractivity contribution in [2.24, 2.45) is 0 Å². The number of aromatic amines is 2. The standard InChI is InChI=1S/C22H23N5O/c1-14-17(15(2)27-26-14)13-21(28)23-20(12-16-8-4-3-5-9-16)22-24-18-10-6-7-11-19(18)25-22/h3-11,20H,12-13H2,1-2H3,(H,23,28)(H,24,25)(H,26,27)/t20-/m0/s1. The van der Waals surface area contributed by atoms with E-state index in [4.69, 9.17) is 4.98 Å². The summed E-state index contributed by atoms with van der Waals surface area (Å²) in [7, 11) is 0. The van der Waals surface area contributed by atoms with Crippen molar-refractivity contribution in [1.82, 2.24) is 25.5 Å². The maximum Gasteiger partial charge on any atom is 0.225 e. The van der Waals surface area contributed by atoms with Crippen LogP contribution in [0.4, 0.5) is 0 Å². The smallest absolute Gasteiger partial charge is 0.225 e.